The predicted molar refractivity (Wildman–Crippen MR) is 75.8 cm³/mol. The molecule has 100 valence electrons. The molecule has 4 nitrogen and oxygen atoms in total. The van der Waals surface area contributed by atoms with Crippen LogP contribution < -0.4 is 14.8 Å². The summed E-state index contributed by atoms with van der Waals surface area (Å²) in [4.78, 5) is 4.43. The molecule has 1 aliphatic heterocycles. The van der Waals surface area contributed by atoms with E-state index in [0.717, 1.165) is 34.6 Å². The summed E-state index contributed by atoms with van der Waals surface area (Å²) in [5.41, 5.74) is 0.209. The molecule has 0 saturated carbocycles. The van der Waals surface area contributed by atoms with Crippen LogP contribution in [0.15, 0.2) is 24.4 Å². The number of benzene rings is 1. The van der Waals surface area contributed by atoms with Gasteiger partial charge < -0.3 is 14.8 Å². The van der Waals surface area contributed by atoms with Crippen molar-refractivity contribution in [3.05, 3.63) is 24.4 Å². The minimum atomic E-state index is 0.209. The van der Waals surface area contributed by atoms with Crippen molar-refractivity contribution in [3.63, 3.8) is 0 Å². The summed E-state index contributed by atoms with van der Waals surface area (Å²) in [6.07, 6.45) is 1.82. The molecule has 2 heterocycles. The average molecular weight is 258 g/mol. The Morgan fingerprint density at radius 2 is 1.95 bits per heavy atom. The molecule has 0 amide bonds. The van der Waals surface area contributed by atoms with Crippen LogP contribution in [0, 0.1) is 5.41 Å². The number of nitrogens with zero attached hydrogens (tertiary/aromatic N) is 1. The molecule has 1 aromatic heterocycles. The third kappa shape index (κ3) is 2.43. The summed E-state index contributed by atoms with van der Waals surface area (Å²) in [6.45, 7) is 7.75. The molecule has 0 saturated heterocycles. The van der Waals surface area contributed by atoms with Gasteiger partial charge in [-0.3, -0.25) is 0 Å². The van der Waals surface area contributed by atoms with Crippen LogP contribution in [0.25, 0.3) is 10.8 Å². The Morgan fingerprint density at radius 1 is 1.21 bits per heavy atom. The van der Waals surface area contributed by atoms with E-state index in [2.05, 4.69) is 31.1 Å². The van der Waals surface area contributed by atoms with E-state index in [4.69, 9.17) is 9.47 Å². The fraction of sp³-hybridized carbons (Fsp3) is 0.400. The number of rotatable bonds is 2. The van der Waals surface area contributed by atoms with E-state index in [9.17, 15) is 0 Å². The Bertz CT molecular complexity index is 617. The van der Waals surface area contributed by atoms with Crippen molar-refractivity contribution in [1.29, 1.82) is 0 Å². The summed E-state index contributed by atoms with van der Waals surface area (Å²) < 4.78 is 10.8. The second-order valence-corrected chi connectivity index (χ2v) is 6.00. The number of pyridine rings is 1. The van der Waals surface area contributed by atoms with Crippen LogP contribution in [0.1, 0.15) is 20.8 Å². The second kappa shape index (κ2) is 4.30. The molecule has 0 aliphatic carbocycles. The zero-order valence-corrected chi connectivity index (χ0v) is 11.5. The zero-order valence-electron chi connectivity index (χ0n) is 11.5. The average Bonchev–Trinajstić information content (AvgIpc) is 2.79. The lowest BCUT2D eigenvalue weighted by Crippen LogP contribution is -2.19. The first kappa shape index (κ1) is 12.1. The molecule has 0 fully saturated rings. The van der Waals surface area contributed by atoms with Gasteiger partial charge in [0.25, 0.3) is 0 Å². The molecular formula is C15H18N2O2. The van der Waals surface area contributed by atoms with Crippen molar-refractivity contribution in [2.75, 3.05) is 18.7 Å². The van der Waals surface area contributed by atoms with E-state index in [1.165, 1.54) is 0 Å². The maximum atomic E-state index is 5.43. The molecule has 0 spiro atoms. The minimum absolute atomic E-state index is 0.209. The summed E-state index contributed by atoms with van der Waals surface area (Å²) in [5, 5.41) is 5.58. The fourth-order valence-corrected chi connectivity index (χ4v) is 2.05. The fourth-order valence-electron chi connectivity index (χ4n) is 2.05. The van der Waals surface area contributed by atoms with Crippen molar-refractivity contribution in [2.45, 2.75) is 20.8 Å². The van der Waals surface area contributed by atoms with Gasteiger partial charge >= 0.3 is 0 Å². The first-order chi connectivity index (χ1) is 9.03. The predicted octanol–water partition coefficient (Wildman–Crippen LogP) is 3.42. The standard InChI is InChI=1S/C15H18N2O2/c1-15(2,3)8-17-14-11-7-13-12(18-9-19-13)6-10(11)4-5-16-14/h4-7H,8-9H2,1-3H3,(H,16,17). The molecule has 0 bridgehead atoms. The third-order valence-corrected chi connectivity index (χ3v) is 3.04. The van der Waals surface area contributed by atoms with Crippen LogP contribution in [0.3, 0.4) is 0 Å². The number of ether oxygens (including phenoxy) is 2. The quantitative estimate of drug-likeness (QED) is 0.896. The molecular weight excluding hydrogens is 240 g/mol. The van der Waals surface area contributed by atoms with Crippen LogP contribution in [0.4, 0.5) is 5.82 Å². The number of anilines is 1. The van der Waals surface area contributed by atoms with Crippen LogP contribution in [0.5, 0.6) is 11.5 Å². The number of hydrogen-bond donors (Lipinski definition) is 1. The van der Waals surface area contributed by atoms with Gasteiger partial charge in [0.15, 0.2) is 11.5 Å². The molecule has 1 aliphatic rings. The number of nitrogens with one attached hydrogen (secondary N) is 1. The largest absolute Gasteiger partial charge is 0.454 e. The van der Waals surface area contributed by atoms with Crippen molar-refractivity contribution in [3.8, 4) is 11.5 Å². The molecule has 0 radical (unpaired) electrons. The second-order valence-electron chi connectivity index (χ2n) is 6.00. The Balaban J connectivity index is 2.00. The first-order valence-corrected chi connectivity index (χ1v) is 6.45. The molecule has 1 N–H and O–H groups in total. The lowest BCUT2D eigenvalue weighted by atomic mass is 9.97. The van der Waals surface area contributed by atoms with E-state index in [1.807, 2.05) is 24.4 Å². The molecule has 0 unspecified atom stereocenters. The number of hydrogen-bond acceptors (Lipinski definition) is 4. The lowest BCUT2D eigenvalue weighted by molar-refractivity contribution is 0.174. The monoisotopic (exact) mass is 258 g/mol. The Morgan fingerprint density at radius 3 is 2.68 bits per heavy atom. The SMILES string of the molecule is CC(C)(C)CNc1nccc2cc3c(cc12)OCO3. The molecule has 2 aromatic rings. The normalized spacial score (nSPS) is 13.8. The van der Waals surface area contributed by atoms with Crippen LogP contribution in [-0.4, -0.2) is 18.3 Å². The van der Waals surface area contributed by atoms with Gasteiger partial charge in [-0.25, -0.2) is 4.98 Å². The van der Waals surface area contributed by atoms with Crippen molar-refractivity contribution < 1.29 is 9.47 Å². The van der Waals surface area contributed by atoms with Gasteiger partial charge in [-0.1, -0.05) is 20.8 Å². The van der Waals surface area contributed by atoms with E-state index in [-0.39, 0.29) is 5.41 Å². The number of fused-ring (bicyclic) bond motifs is 2. The van der Waals surface area contributed by atoms with E-state index >= 15 is 0 Å². The summed E-state index contributed by atoms with van der Waals surface area (Å²) in [7, 11) is 0. The zero-order chi connectivity index (χ0) is 13.5. The Labute approximate surface area is 112 Å². The summed E-state index contributed by atoms with van der Waals surface area (Å²) in [6, 6.07) is 5.98. The smallest absolute Gasteiger partial charge is 0.231 e. The summed E-state index contributed by atoms with van der Waals surface area (Å²) in [5.74, 6) is 2.49. The summed E-state index contributed by atoms with van der Waals surface area (Å²) >= 11 is 0. The molecule has 19 heavy (non-hydrogen) atoms. The Kier molecular flexibility index (Phi) is 2.73. The highest BCUT2D eigenvalue weighted by Crippen LogP contribution is 2.37. The molecule has 0 atom stereocenters. The first-order valence-electron chi connectivity index (χ1n) is 6.45. The Hall–Kier alpha value is -1.97. The van der Waals surface area contributed by atoms with E-state index < -0.39 is 0 Å². The molecule has 1 aromatic carbocycles. The number of aromatic nitrogens is 1. The molecule has 3 rings (SSSR count). The van der Waals surface area contributed by atoms with Gasteiger partial charge in [0, 0.05) is 18.1 Å². The van der Waals surface area contributed by atoms with Gasteiger partial charge in [-0.2, -0.15) is 0 Å². The molecule has 4 heteroatoms. The van der Waals surface area contributed by atoms with Gasteiger partial charge in [0.2, 0.25) is 6.79 Å². The highest BCUT2D eigenvalue weighted by atomic mass is 16.7. The van der Waals surface area contributed by atoms with Crippen LogP contribution in [-0.2, 0) is 0 Å². The van der Waals surface area contributed by atoms with E-state index in [1.54, 1.807) is 0 Å². The van der Waals surface area contributed by atoms with Gasteiger partial charge in [0.05, 0.1) is 0 Å². The van der Waals surface area contributed by atoms with Gasteiger partial charge in [0.1, 0.15) is 5.82 Å². The van der Waals surface area contributed by atoms with Crippen LogP contribution in [0.2, 0.25) is 0 Å². The highest BCUT2D eigenvalue weighted by molar-refractivity contribution is 5.94. The van der Waals surface area contributed by atoms with Gasteiger partial charge in [-0.05, 0) is 29.0 Å². The van der Waals surface area contributed by atoms with Crippen molar-refractivity contribution in [1.82, 2.24) is 4.98 Å². The topological polar surface area (TPSA) is 43.4 Å². The van der Waals surface area contributed by atoms with Crippen LogP contribution >= 0.6 is 0 Å². The van der Waals surface area contributed by atoms with Crippen molar-refractivity contribution >= 4 is 16.6 Å². The minimum Gasteiger partial charge on any atom is -0.454 e. The van der Waals surface area contributed by atoms with Crippen molar-refractivity contribution in [2.24, 2.45) is 5.41 Å². The maximum absolute atomic E-state index is 5.43. The van der Waals surface area contributed by atoms with E-state index in [0.29, 0.717) is 6.79 Å². The maximum Gasteiger partial charge on any atom is 0.231 e. The lowest BCUT2D eigenvalue weighted by Gasteiger charge is -2.19. The van der Waals surface area contributed by atoms with Gasteiger partial charge in [-0.15, -0.1) is 0 Å². The third-order valence-electron chi connectivity index (χ3n) is 3.04. The highest BCUT2D eigenvalue weighted by Gasteiger charge is 2.16.